The molecule has 0 fully saturated rings. The fourth-order valence-electron chi connectivity index (χ4n) is 3.51. The summed E-state index contributed by atoms with van der Waals surface area (Å²) in [5.74, 6) is 2.14. The van der Waals surface area contributed by atoms with Crippen molar-refractivity contribution >= 4 is 21.8 Å². The van der Waals surface area contributed by atoms with E-state index in [2.05, 4.69) is 33.8 Å². The number of rotatable bonds is 10. The number of sulfonamides is 1. The molecule has 8 nitrogen and oxygen atoms in total. The molecule has 3 aromatic rings. The van der Waals surface area contributed by atoms with Crippen LogP contribution in [0.2, 0.25) is 0 Å². The molecule has 3 rings (SSSR count). The average molecular weight is 478 g/mol. The van der Waals surface area contributed by atoms with E-state index in [0.29, 0.717) is 24.7 Å². The highest BCUT2D eigenvalue weighted by Crippen LogP contribution is 2.32. The van der Waals surface area contributed by atoms with Crippen molar-refractivity contribution in [2.24, 2.45) is 0 Å². The molecule has 10 heteroatoms. The molecule has 0 saturated heterocycles. The molecule has 0 spiro atoms. The van der Waals surface area contributed by atoms with Crippen molar-refractivity contribution in [3.63, 3.8) is 0 Å². The number of aromatic nitrogens is 4. The van der Waals surface area contributed by atoms with E-state index >= 15 is 0 Å². The van der Waals surface area contributed by atoms with Crippen LogP contribution in [0.4, 0.5) is 0 Å². The largest absolute Gasteiger partial charge is 0.361 e. The maximum absolute atomic E-state index is 13.0. The normalized spacial score (nSPS) is 13.1. The summed E-state index contributed by atoms with van der Waals surface area (Å²) in [5.41, 5.74) is 2.66. The van der Waals surface area contributed by atoms with Crippen molar-refractivity contribution in [2.45, 2.75) is 69.8 Å². The molecule has 0 aliphatic rings. The molecule has 32 heavy (non-hydrogen) atoms. The van der Waals surface area contributed by atoms with Gasteiger partial charge < -0.3 is 4.52 Å². The van der Waals surface area contributed by atoms with Crippen molar-refractivity contribution in [1.82, 2.24) is 24.2 Å². The summed E-state index contributed by atoms with van der Waals surface area (Å²) in [7, 11) is -3.56. The van der Waals surface area contributed by atoms with Crippen LogP contribution in [-0.2, 0) is 15.8 Å². The minimum absolute atomic E-state index is 0.148. The summed E-state index contributed by atoms with van der Waals surface area (Å²) >= 11 is 1.58. The molecule has 2 heterocycles. The van der Waals surface area contributed by atoms with E-state index < -0.39 is 10.0 Å². The van der Waals surface area contributed by atoms with Crippen LogP contribution in [0.25, 0.3) is 11.4 Å². The van der Waals surface area contributed by atoms with Crippen molar-refractivity contribution in [3.8, 4) is 11.4 Å². The molecule has 0 aliphatic carbocycles. The van der Waals surface area contributed by atoms with Gasteiger partial charge in [-0.2, -0.15) is 4.31 Å². The number of benzene rings is 1. The van der Waals surface area contributed by atoms with Crippen LogP contribution in [0.1, 0.15) is 57.2 Å². The Bertz CT molecular complexity index is 1150. The third-order valence-corrected chi connectivity index (χ3v) is 8.67. The first-order valence-electron chi connectivity index (χ1n) is 10.8. The summed E-state index contributed by atoms with van der Waals surface area (Å²) in [6, 6.07) is 7.12. The van der Waals surface area contributed by atoms with Gasteiger partial charge in [0.05, 0.1) is 10.6 Å². The lowest BCUT2D eigenvalue weighted by atomic mass is 10.2. The molecular weight excluding hydrogens is 446 g/mol. The van der Waals surface area contributed by atoms with E-state index in [4.69, 9.17) is 4.52 Å². The number of hydrogen-bond acceptors (Lipinski definition) is 7. The zero-order valence-corrected chi connectivity index (χ0v) is 21.1. The van der Waals surface area contributed by atoms with Gasteiger partial charge in [0.25, 0.3) is 0 Å². The highest BCUT2D eigenvalue weighted by atomic mass is 32.2. The molecule has 0 aliphatic heterocycles. The van der Waals surface area contributed by atoms with Crippen LogP contribution in [-0.4, -0.2) is 45.7 Å². The molecule has 0 saturated carbocycles. The van der Waals surface area contributed by atoms with Gasteiger partial charge in [0, 0.05) is 36.0 Å². The topological polar surface area (TPSA) is 94.1 Å². The third-order valence-electron chi connectivity index (χ3n) is 5.66. The van der Waals surface area contributed by atoms with Crippen molar-refractivity contribution in [1.29, 1.82) is 0 Å². The first-order valence-corrected chi connectivity index (χ1v) is 13.3. The Morgan fingerprint density at radius 3 is 2.47 bits per heavy atom. The highest BCUT2D eigenvalue weighted by molar-refractivity contribution is 7.98. The second kappa shape index (κ2) is 10.2. The zero-order chi connectivity index (χ0) is 23.5. The van der Waals surface area contributed by atoms with E-state index in [0.717, 1.165) is 34.2 Å². The van der Waals surface area contributed by atoms with Crippen molar-refractivity contribution in [3.05, 3.63) is 41.3 Å². The average Bonchev–Trinajstić information content (AvgIpc) is 3.35. The molecule has 174 valence electrons. The second-order valence-electron chi connectivity index (χ2n) is 7.64. The zero-order valence-electron chi connectivity index (χ0n) is 19.5. The molecule has 1 aromatic carbocycles. The smallest absolute Gasteiger partial charge is 0.243 e. The molecule has 1 unspecified atom stereocenters. The summed E-state index contributed by atoms with van der Waals surface area (Å²) in [4.78, 5) is 0.266. The Labute approximate surface area is 194 Å². The predicted molar refractivity (Wildman–Crippen MR) is 126 cm³/mol. The molecule has 0 bridgehead atoms. The number of hydrogen-bond donors (Lipinski definition) is 0. The lowest BCUT2D eigenvalue weighted by Gasteiger charge is -2.19. The minimum atomic E-state index is -3.56. The quantitative estimate of drug-likeness (QED) is 0.386. The third kappa shape index (κ3) is 4.77. The maximum atomic E-state index is 13.0. The minimum Gasteiger partial charge on any atom is -0.361 e. The van der Waals surface area contributed by atoms with Gasteiger partial charge in [0.1, 0.15) is 5.76 Å². The molecule has 0 amide bonds. The molecule has 1 atom stereocenters. The van der Waals surface area contributed by atoms with E-state index in [9.17, 15) is 8.42 Å². The number of nitrogens with zero attached hydrogens (tertiary/aromatic N) is 5. The van der Waals surface area contributed by atoms with E-state index in [1.165, 1.54) is 4.31 Å². The Balaban J connectivity index is 2.00. The van der Waals surface area contributed by atoms with Crippen LogP contribution >= 0.6 is 11.8 Å². The number of thioether (sulfide) groups is 1. The predicted octanol–water partition coefficient (Wildman–Crippen LogP) is 4.84. The first kappa shape index (κ1) is 24.5. The Morgan fingerprint density at radius 2 is 1.88 bits per heavy atom. The molecule has 0 radical (unpaired) electrons. The summed E-state index contributed by atoms with van der Waals surface area (Å²) in [6.07, 6.45) is 0.890. The van der Waals surface area contributed by atoms with Crippen molar-refractivity contribution in [2.75, 3.05) is 13.1 Å². The van der Waals surface area contributed by atoms with Crippen LogP contribution in [0.3, 0.4) is 0 Å². The molecule has 2 aromatic heterocycles. The second-order valence-corrected chi connectivity index (χ2v) is 10.5. The highest BCUT2D eigenvalue weighted by Gasteiger charge is 2.24. The van der Waals surface area contributed by atoms with E-state index in [1.807, 2.05) is 33.8 Å². The van der Waals surface area contributed by atoms with E-state index in [-0.39, 0.29) is 10.9 Å². The Kier molecular flexibility index (Phi) is 7.79. The summed E-state index contributed by atoms with van der Waals surface area (Å²) in [6.45, 7) is 12.6. The fraction of sp³-hybridized carbons (Fsp3) is 0.500. The van der Waals surface area contributed by atoms with Crippen molar-refractivity contribution < 1.29 is 12.9 Å². The first-order chi connectivity index (χ1) is 15.2. The van der Waals surface area contributed by atoms with Crippen LogP contribution < -0.4 is 0 Å². The summed E-state index contributed by atoms with van der Waals surface area (Å²) < 4.78 is 34.9. The van der Waals surface area contributed by atoms with Gasteiger partial charge in [-0.1, -0.05) is 49.8 Å². The lowest BCUT2D eigenvalue weighted by Crippen LogP contribution is -2.30. The maximum Gasteiger partial charge on any atom is 0.243 e. The SMILES string of the molecule is CCC(C)n1c(SCc2c(C)noc2C)nnc1-c1cccc(S(=O)(=O)N(CC)CC)c1. The monoisotopic (exact) mass is 477 g/mol. The molecular formula is C22H31N5O3S2. The van der Waals surface area contributed by atoms with Crippen LogP contribution in [0.5, 0.6) is 0 Å². The van der Waals surface area contributed by atoms with Gasteiger partial charge in [-0.3, -0.25) is 4.57 Å². The standard InChI is InChI=1S/C22H31N5O3S2/c1-7-15(4)27-21(23-24-22(27)31-14-20-16(5)25-30-17(20)6)18-11-10-12-19(13-18)32(28,29)26(8-2)9-3/h10-13,15H,7-9,14H2,1-6H3. The Morgan fingerprint density at radius 1 is 1.16 bits per heavy atom. The van der Waals surface area contributed by atoms with Gasteiger partial charge in [-0.15, -0.1) is 10.2 Å². The van der Waals surface area contributed by atoms with Gasteiger partial charge in [-0.05, 0) is 39.3 Å². The number of aryl methyl sites for hydroxylation is 2. The van der Waals surface area contributed by atoms with Crippen LogP contribution in [0.15, 0.2) is 38.8 Å². The lowest BCUT2D eigenvalue weighted by molar-refractivity contribution is 0.392. The fourth-order valence-corrected chi connectivity index (χ4v) is 6.20. The van der Waals surface area contributed by atoms with Crippen LogP contribution in [0, 0.1) is 13.8 Å². The summed E-state index contributed by atoms with van der Waals surface area (Å²) in [5, 5.41) is 13.7. The van der Waals surface area contributed by atoms with Gasteiger partial charge in [0.15, 0.2) is 11.0 Å². The van der Waals surface area contributed by atoms with Gasteiger partial charge in [0.2, 0.25) is 10.0 Å². The Hall–Kier alpha value is -2.17. The van der Waals surface area contributed by atoms with E-state index in [1.54, 1.807) is 30.0 Å². The van der Waals surface area contributed by atoms with Gasteiger partial charge in [-0.25, -0.2) is 8.42 Å². The molecule has 0 N–H and O–H groups in total. The van der Waals surface area contributed by atoms with Gasteiger partial charge >= 0.3 is 0 Å².